The third-order valence-electron chi connectivity index (χ3n) is 20.1. The van der Waals surface area contributed by atoms with Crippen molar-refractivity contribution < 1.29 is 49.4 Å². The fourth-order valence-electron chi connectivity index (χ4n) is 16.1. The van der Waals surface area contributed by atoms with Gasteiger partial charge in [-0.2, -0.15) is 0 Å². The van der Waals surface area contributed by atoms with Gasteiger partial charge in [0.05, 0.1) is 36.4 Å². The van der Waals surface area contributed by atoms with E-state index in [1.807, 2.05) is 0 Å². The van der Waals surface area contributed by atoms with Gasteiger partial charge in [-0.1, -0.05) is 55.4 Å². The quantitative estimate of drug-likeness (QED) is 0.171. The number of ether oxygens (including phenoxy) is 2. The number of unbranched alkanes of at least 4 members (excludes halogenated alkanes) is 1. The third kappa shape index (κ3) is 5.62. The van der Waals surface area contributed by atoms with Crippen LogP contribution in [0.3, 0.4) is 0 Å². The number of carboxylic acid groups (broad SMARTS) is 1. The molecule has 64 heavy (non-hydrogen) atoms. The van der Waals surface area contributed by atoms with Crippen molar-refractivity contribution in [3.63, 3.8) is 0 Å². The maximum absolute atomic E-state index is 14.1. The van der Waals surface area contributed by atoms with E-state index in [9.17, 15) is 39.9 Å². The predicted octanol–water partition coefficient (Wildman–Crippen LogP) is 8.15. The lowest BCUT2D eigenvalue weighted by molar-refractivity contribution is -0.210. The van der Waals surface area contributed by atoms with Crippen molar-refractivity contribution in [3.8, 4) is 23.0 Å². The molecule has 2 aromatic rings. The second-order valence-electron chi connectivity index (χ2n) is 23.5. The summed E-state index contributed by atoms with van der Waals surface area (Å²) in [7, 11) is 0. The Morgan fingerprint density at radius 1 is 0.688 bits per heavy atom. The Bertz CT molecular complexity index is 2340. The molecule has 0 aromatic heterocycles. The van der Waals surface area contributed by atoms with Crippen LogP contribution in [0.25, 0.3) is 0 Å². The number of fused-ring (bicyclic) bond motifs is 10. The van der Waals surface area contributed by atoms with E-state index in [-0.39, 0.29) is 87.4 Å². The standard InChI is InChI=1S/C52H70N2O10/c1-27-12-14-38-47(3,4)40(57)16-18-49(38,7)51(27)23-31-36(55)21-29-33(42(31)63-51)25-53(44(29)59)20-10-9-11-35(46(61)62)54-26-34-30(45(54)60)22-37(56)32-24-52(64-43(32)34)28(2)13-15-39-48(5,6)41(58)17-19-50(39,52)8/h21-22,27-28,35,38-41,55-58H,9-20,23-26H2,1-8H3,(H,61,62)/t27-,28-,35+,38?,39?,40-,41-,49+,50+,51?,52?/m1/s1. The molecule has 11 atom stereocenters. The predicted molar refractivity (Wildman–Crippen MR) is 238 cm³/mol. The number of rotatable bonds is 7. The minimum atomic E-state index is -1.12. The van der Waals surface area contributed by atoms with Gasteiger partial charge in [0.2, 0.25) is 0 Å². The average molecular weight is 883 g/mol. The van der Waals surface area contributed by atoms with Crippen molar-refractivity contribution in [2.45, 2.75) is 181 Å². The fourth-order valence-corrected chi connectivity index (χ4v) is 16.1. The zero-order valence-corrected chi connectivity index (χ0v) is 39.2. The van der Waals surface area contributed by atoms with Crippen molar-refractivity contribution in [1.29, 1.82) is 0 Å². The summed E-state index contributed by atoms with van der Waals surface area (Å²) < 4.78 is 14.4. The van der Waals surface area contributed by atoms with E-state index >= 15 is 0 Å². The van der Waals surface area contributed by atoms with Gasteiger partial charge in [0.25, 0.3) is 11.8 Å². The normalized spacial score (nSPS) is 38.0. The van der Waals surface area contributed by atoms with Gasteiger partial charge < -0.3 is 44.8 Å². The summed E-state index contributed by atoms with van der Waals surface area (Å²) in [5.74, 6) is 0.284. The SMILES string of the molecule is C[C@@H]1CCC2C(C)(C)[C@H](O)CC[C@]2(C)C12Cc1c(O)cc3c(c1O2)CN(CCCC[C@@H](C(=O)O)N1Cc2c(cc(O)c4c2OC2(C4)[C@H](C)CCC4C(C)(C)[C@H](O)CC[C@@]42C)C1=O)C3=O. The number of phenols is 2. The maximum Gasteiger partial charge on any atom is 0.326 e. The molecule has 12 nitrogen and oxygen atoms in total. The number of hydrogen-bond donors (Lipinski definition) is 5. The highest BCUT2D eigenvalue weighted by molar-refractivity contribution is 6.02. The van der Waals surface area contributed by atoms with E-state index in [1.165, 1.54) is 11.0 Å². The van der Waals surface area contributed by atoms with Crippen LogP contribution < -0.4 is 9.47 Å². The largest absolute Gasteiger partial charge is 0.508 e. The van der Waals surface area contributed by atoms with Gasteiger partial charge in [0.15, 0.2) is 0 Å². The van der Waals surface area contributed by atoms with Crippen LogP contribution in [0.2, 0.25) is 0 Å². The summed E-state index contributed by atoms with van der Waals surface area (Å²) >= 11 is 0. The van der Waals surface area contributed by atoms with E-state index in [0.29, 0.717) is 79.8 Å². The number of carbonyl (C=O) groups is 3. The molecule has 4 unspecified atom stereocenters. The Kier molecular flexibility index (Phi) is 9.75. The molecule has 5 N–H and O–H groups in total. The molecular formula is C52H70N2O10. The summed E-state index contributed by atoms with van der Waals surface area (Å²) in [5.41, 5.74) is 1.24. The fraction of sp³-hybridized carbons (Fsp3) is 0.712. The first-order valence-electron chi connectivity index (χ1n) is 24.4. The maximum atomic E-state index is 14.1. The van der Waals surface area contributed by atoms with Crippen LogP contribution in [-0.4, -0.2) is 89.1 Å². The molecule has 2 amide bonds. The second kappa shape index (κ2) is 14.2. The highest BCUT2D eigenvalue weighted by Crippen LogP contribution is 2.69. The van der Waals surface area contributed by atoms with Crippen LogP contribution >= 0.6 is 0 Å². The molecule has 4 fully saturated rings. The number of benzene rings is 2. The van der Waals surface area contributed by atoms with Crippen molar-refractivity contribution >= 4 is 17.8 Å². The Balaban J connectivity index is 0.831. The van der Waals surface area contributed by atoms with Gasteiger partial charge >= 0.3 is 5.97 Å². The molecule has 2 aromatic carbocycles. The summed E-state index contributed by atoms with van der Waals surface area (Å²) in [4.78, 5) is 44.2. The van der Waals surface area contributed by atoms with Gasteiger partial charge in [0.1, 0.15) is 40.2 Å². The molecule has 4 heterocycles. The number of carboxylic acids is 1. The number of aromatic hydroxyl groups is 2. The first-order valence-corrected chi connectivity index (χ1v) is 24.4. The number of phenolic OH excluding ortho intramolecular Hbond substituents is 2. The van der Waals surface area contributed by atoms with Crippen molar-refractivity contribution in [2.75, 3.05) is 6.54 Å². The minimum Gasteiger partial charge on any atom is -0.508 e. The van der Waals surface area contributed by atoms with Crippen molar-refractivity contribution in [1.82, 2.24) is 9.80 Å². The molecule has 2 spiro atoms. The van der Waals surface area contributed by atoms with Gasteiger partial charge in [-0.05, 0) is 117 Å². The number of aliphatic hydroxyl groups excluding tert-OH is 2. The van der Waals surface area contributed by atoms with Gasteiger partial charge in [-0.15, -0.1) is 0 Å². The topological polar surface area (TPSA) is 177 Å². The van der Waals surface area contributed by atoms with Crippen LogP contribution in [0.1, 0.15) is 169 Å². The molecule has 4 aliphatic heterocycles. The molecule has 348 valence electrons. The number of nitrogens with zero attached hydrogens (tertiary/aromatic N) is 2. The van der Waals surface area contributed by atoms with Crippen LogP contribution in [-0.2, 0) is 30.7 Å². The van der Waals surface area contributed by atoms with Crippen LogP contribution in [0.4, 0.5) is 0 Å². The zero-order chi connectivity index (χ0) is 45.8. The summed E-state index contributed by atoms with van der Waals surface area (Å²) in [6.07, 6.45) is 8.21. The first kappa shape index (κ1) is 43.8. The van der Waals surface area contributed by atoms with Gasteiger partial charge in [0, 0.05) is 52.5 Å². The molecule has 4 aliphatic carbocycles. The Labute approximate surface area is 377 Å². The van der Waals surface area contributed by atoms with Crippen molar-refractivity contribution in [2.24, 2.45) is 45.3 Å². The lowest BCUT2D eigenvalue weighted by Crippen LogP contribution is -2.66. The molecule has 0 bridgehead atoms. The molecule has 12 heteroatoms. The van der Waals surface area contributed by atoms with Crippen molar-refractivity contribution in [3.05, 3.63) is 45.5 Å². The van der Waals surface area contributed by atoms with Gasteiger partial charge in [-0.3, -0.25) is 9.59 Å². The average Bonchev–Trinajstić information content (AvgIpc) is 4.00. The summed E-state index contributed by atoms with van der Waals surface area (Å²) in [6, 6.07) is 1.99. The smallest absolute Gasteiger partial charge is 0.326 e. The van der Waals surface area contributed by atoms with E-state index < -0.39 is 35.2 Å². The van der Waals surface area contributed by atoms with Crippen LogP contribution in [0.5, 0.6) is 23.0 Å². The third-order valence-corrected chi connectivity index (χ3v) is 20.1. The van der Waals surface area contributed by atoms with Crippen LogP contribution in [0.15, 0.2) is 12.1 Å². The zero-order valence-electron chi connectivity index (χ0n) is 39.2. The van der Waals surface area contributed by atoms with Crippen LogP contribution in [0, 0.1) is 45.3 Å². The number of amides is 2. The molecule has 0 radical (unpaired) electrons. The van der Waals surface area contributed by atoms with E-state index in [1.54, 1.807) is 11.0 Å². The monoisotopic (exact) mass is 883 g/mol. The number of hydrogen-bond acceptors (Lipinski definition) is 9. The molecule has 10 rings (SSSR count). The Morgan fingerprint density at radius 2 is 1.16 bits per heavy atom. The number of carbonyl (C=O) groups excluding carboxylic acids is 2. The van der Waals surface area contributed by atoms with Gasteiger partial charge in [-0.25, -0.2) is 4.79 Å². The first-order chi connectivity index (χ1) is 30.0. The lowest BCUT2D eigenvalue weighted by atomic mass is 9.43. The highest BCUT2D eigenvalue weighted by Gasteiger charge is 2.69. The summed E-state index contributed by atoms with van der Waals surface area (Å²) in [5, 5.41) is 55.7. The Hall–Kier alpha value is -4.03. The molecule has 0 saturated heterocycles. The summed E-state index contributed by atoms with van der Waals surface area (Å²) in [6.45, 7) is 18.5. The highest BCUT2D eigenvalue weighted by atomic mass is 16.5. The second-order valence-corrected chi connectivity index (χ2v) is 23.5. The number of aliphatic carboxylic acids is 1. The molecule has 8 aliphatic rings. The van der Waals surface area contributed by atoms with E-state index in [2.05, 4.69) is 55.4 Å². The molecular weight excluding hydrogens is 813 g/mol. The van der Waals surface area contributed by atoms with E-state index in [0.717, 1.165) is 49.7 Å². The van der Waals surface area contributed by atoms with E-state index in [4.69, 9.17) is 9.47 Å². The lowest BCUT2D eigenvalue weighted by Gasteiger charge is -2.64. The Morgan fingerprint density at radius 3 is 1.64 bits per heavy atom. The molecule has 4 saturated carbocycles. The number of aliphatic hydroxyl groups is 2. The minimum absolute atomic E-state index is 0.000884.